The van der Waals surface area contributed by atoms with Crippen LogP contribution in [0.1, 0.15) is 33.0 Å². The zero-order valence-electron chi connectivity index (χ0n) is 19.1. The lowest BCUT2D eigenvalue weighted by atomic mass is 10.1. The van der Waals surface area contributed by atoms with Crippen LogP contribution in [0.2, 0.25) is 0 Å². The van der Waals surface area contributed by atoms with Gasteiger partial charge >= 0.3 is 5.69 Å². The molecule has 4 rings (SSSR count). The molecule has 0 aliphatic carbocycles. The van der Waals surface area contributed by atoms with E-state index in [4.69, 9.17) is 4.74 Å². The largest absolute Gasteiger partial charge is 0.464 e. The van der Waals surface area contributed by atoms with Crippen molar-refractivity contribution in [1.82, 2.24) is 19.6 Å². The minimum absolute atomic E-state index is 0.0788. The Hall–Kier alpha value is -4.47. The van der Waals surface area contributed by atoms with E-state index in [9.17, 15) is 14.9 Å². The molecule has 0 spiro atoms. The summed E-state index contributed by atoms with van der Waals surface area (Å²) in [5.41, 5.74) is 4.58. The number of nitro groups is 1. The molecule has 0 atom stereocenters. The predicted octanol–water partition coefficient (Wildman–Crippen LogP) is 4.25. The number of rotatable bonds is 8. The first-order valence-electron chi connectivity index (χ1n) is 10.6. The number of nitrogens with one attached hydrogen (secondary N) is 1. The summed E-state index contributed by atoms with van der Waals surface area (Å²) in [6.45, 7) is 6.33. The summed E-state index contributed by atoms with van der Waals surface area (Å²) < 4.78 is 8.78. The topological polar surface area (TPSA) is 117 Å². The molecular weight excluding hydrogens is 436 g/mol. The third-order valence-electron chi connectivity index (χ3n) is 5.49. The average Bonchev–Trinajstić information content (AvgIpc) is 3.40. The van der Waals surface area contributed by atoms with E-state index in [1.165, 1.54) is 22.4 Å². The van der Waals surface area contributed by atoms with Gasteiger partial charge in [0, 0.05) is 12.3 Å². The van der Waals surface area contributed by atoms with Gasteiger partial charge in [-0.25, -0.2) is 4.68 Å². The van der Waals surface area contributed by atoms with E-state index in [2.05, 4.69) is 34.6 Å². The number of nitro benzene ring substituents is 1. The van der Waals surface area contributed by atoms with Gasteiger partial charge in [0.15, 0.2) is 18.2 Å². The van der Waals surface area contributed by atoms with Crippen molar-refractivity contribution in [1.29, 1.82) is 0 Å². The van der Waals surface area contributed by atoms with Crippen molar-refractivity contribution in [3.8, 4) is 5.75 Å². The molecule has 4 aromatic rings. The highest BCUT2D eigenvalue weighted by molar-refractivity contribution is 6.03. The van der Waals surface area contributed by atoms with Crippen LogP contribution in [0.3, 0.4) is 0 Å². The monoisotopic (exact) mass is 460 g/mol. The molecule has 2 heterocycles. The minimum atomic E-state index is -0.513. The second-order valence-electron chi connectivity index (χ2n) is 7.82. The molecule has 174 valence electrons. The molecule has 0 aliphatic rings. The molecule has 10 nitrogen and oxygen atoms in total. The summed E-state index contributed by atoms with van der Waals surface area (Å²) in [5, 5.41) is 22.8. The van der Waals surface area contributed by atoms with E-state index in [0.717, 1.165) is 11.3 Å². The summed E-state index contributed by atoms with van der Waals surface area (Å²) in [6.07, 6.45) is 1.57. The third-order valence-corrected chi connectivity index (χ3v) is 5.49. The van der Waals surface area contributed by atoms with Crippen LogP contribution in [0.4, 0.5) is 11.4 Å². The van der Waals surface area contributed by atoms with Crippen molar-refractivity contribution in [2.75, 3.05) is 5.32 Å². The molecule has 0 unspecified atom stereocenters. The smallest absolute Gasteiger partial charge is 0.311 e. The summed E-state index contributed by atoms with van der Waals surface area (Å²) >= 11 is 0. The van der Waals surface area contributed by atoms with Crippen LogP contribution in [0.15, 0.2) is 60.8 Å². The number of amides is 1. The lowest BCUT2D eigenvalue weighted by Gasteiger charge is -2.09. The summed E-state index contributed by atoms with van der Waals surface area (Å²) in [5.74, 6) is -0.257. The Morgan fingerprint density at radius 2 is 1.79 bits per heavy atom. The summed E-state index contributed by atoms with van der Waals surface area (Å²) in [7, 11) is 0. The first kappa shape index (κ1) is 22.7. The van der Waals surface area contributed by atoms with Gasteiger partial charge in [0.1, 0.15) is 0 Å². The number of carbonyl (C=O) groups excluding carboxylic acids is 1. The normalized spacial score (nSPS) is 10.8. The Morgan fingerprint density at radius 1 is 1.06 bits per heavy atom. The van der Waals surface area contributed by atoms with Crippen molar-refractivity contribution in [3.63, 3.8) is 0 Å². The number of aromatic nitrogens is 4. The van der Waals surface area contributed by atoms with E-state index < -0.39 is 4.92 Å². The van der Waals surface area contributed by atoms with Gasteiger partial charge < -0.3 is 10.1 Å². The molecule has 2 aromatic carbocycles. The standard InChI is InChI=1S/C24H24N6O4/c1-16-8-4-5-9-19(16)14-29-18(3)23(17(2)26-29)25-24(31)20-12-13-28(27-20)15-34-22-11-7-6-10-21(22)30(32)33/h4-13H,14-15H2,1-3H3,(H,25,31). The van der Waals surface area contributed by atoms with Crippen LogP contribution < -0.4 is 10.1 Å². The molecule has 34 heavy (non-hydrogen) atoms. The maximum absolute atomic E-state index is 12.8. The number of carbonyl (C=O) groups is 1. The fourth-order valence-electron chi connectivity index (χ4n) is 3.58. The molecule has 1 amide bonds. The number of hydrogen-bond donors (Lipinski definition) is 1. The number of benzene rings is 2. The van der Waals surface area contributed by atoms with Gasteiger partial charge in [-0.15, -0.1) is 0 Å². The van der Waals surface area contributed by atoms with Crippen molar-refractivity contribution < 1.29 is 14.5 Å². The highest BCUT2D eigenvalue weighted by Gasteiger charge is 2.18. The van der Waals surface area contributed by atoms with Crippen LogP contribution in [-0.2, 0) is 13.3 Å². The zero-order valence-corrected chi connectivity index (χ0v) is 19.1. The first-order valence-corrected chi connectivity index (χ1v) is 10.6. The minimum Gasteiger partial charge on any atom is -0.464 e. The third kappa shape index (κ3) is 4.80. The van der Waals surface area contributed by atoms with Gasteiger partial charge in [-0.3, -0.25) is 19.6 Å². The SMILES string of the molecule is Cc1ccccc1Cn1nc(C)c(NC(=O)c2ccn(COc3ccccc3[N+](=O)[O-])n2)c1C. The molecule has 0 saturated carbocycles. The van der Waals surface area contributed by atoms with Crippen molar-refractivity contribution >= 4 is 17.3 Å². The van der Waals surface area contributed by atoms with Gasteiger partial charge in [0.05, 0.1) is 28.5 Å². The van der Waals surface area contributed by atoms with E-state index in [1.807, 2.05) is 30.7 Å². The van der Waals surface area contributed by atoms with Gasteiger partial charge in [-0.1, -0.05) is 36.4 Å². The van der Waals surface area contributed by atoms with Crippen LogP contribution in [0.25, 0.3) is 0 Å². The zero-order chi connectivity index (χ0) is 24.2. The van der Waals surface area contributed by atoms with Gasteiger partial charge in [-0.05, 0) is 44.0 Å². The van der Waals surface area contributed by atoms with E-state index in [1.54, 1.807) is 24.4 Å². The number of aryl methyl sites for hydroxylation is 2. The highest BCUT2D eigenvalue weighted by Crippen LogP contribution is 2.26. The second kappa shape index (κ2) is 9.57. The maximum Gasteiger partial charge on any atom is 0.311 e. The van der Waals surface area contributed by atoms with Crippen molar-refractivity contribution in [2.45, 2.75) is 34.0 Å². The Morgan fingerprint density at radius 3 is 2.56 bits per heavy atom. The summed E-state index contributed by atoms with van der Waals surface area (Å²) in [4.78, 5) is 23.4. The molecule has 0 saturated heterocycles. The Bertz CT molecular complexity index is 1360. The van der Waals surface area contributed by atoms with E-state index in [0.29, 0.717) is 17.9 Å². The summed E-state index contributed by atoms with van der Waals surface area (Å²) in [6, 6.07) is 15.7. The molecule has 2 aromatic heterocycles. The molecule has 0 aliphatic heterocycles. The molecule has 0 radical (unpaired) electrons. The lowest BCUT2D eigenvalue weighted by molar-refractivity contribution is -0.386. The lowest BCUT2D eigenvalue weighted by Crippen LogP contribution is -2.15. The van der Waals surface area contributed by atoms with Crippen molar-refractivity contribution in [3.05, 3.63) is 99.1 Å². The second-order valence-corrected chi connectivity index (χ2v) is 7.82. The molecule has 0 bridgehead atoms. The van der Waals surface area contributed by atoms with E-state index >= 15 is 0 Å². The Kier molecular flexibility index (Phi) is 6.39. The molecule has 1 N–H and O–H groups in total. The molecular formula is C24H24N6O4. The quantitative estimate of drug-likeness (QED) is 0.310. The van der Waals surface area contributed by atoms with Crippen molar-refractivity contribution in [2.24, 2.45) is 0 Å². The maximum atomic E-state index is 12.8. The average molecular weight is 460 g/mol. The Balaban J connectivity index is 1.44. The number of hydrogen-bond acceptors (Lipinski definition) is 6. The number of anilines is 1. The molecule has 10 heteroatoms. The van der Waals surface area contributed by atoms with Crippen LogP contribution in [0, 0.1) is 30.9 Å². The van der Waals surface area contributed by atoms with Crippen LogP contribution >= 0.6 is 0 Å². The number of ether oxygens (including phenoxy) is 1. The van der Waals surface area contributed by atoms with Gasteiger partial charge in [0.25, 0.3) is 5.91 Å². The first-order chi connectivity index (χ1) is 16.3. The fourth-order valence-corrected chi connectivity index (χ4v) is 3.58. The van der Waals surface area contributed by atoms with E-state index in [-0.39, 0.29) is 29.8 Å². The highest BCUT2D eigenvalue weighted by atomic mass is 16.6. The number of nitrogens with zero attached hydrogens (tertiary/aromatic N) is 5. The molecule has 0 fully saturated rings. The Labute approximate surface area is 195 Å². The van der Waals surface area contributed by atoms with Gasteiger partial charge in [0.2, 0.25) is 0 Å². The number of para-hydroxylation sites is 2. The van der Waals surface area contributed by atoms with Crippen LogP contribution in [0.5, 0.6) is 5.75 Å². The fraction of sp³-hybridized carbons (Fsp3) is 0.208. The van der Waals surface area contributed by atoms with Crippen LogP contribution in [-0.4, -0.2) is 30.4 Å². The predicted molar refractivity (Wildman–Crippen MR) is 126 cm³/mol. The van der Waals surface area contributed by atoms with Gasteiger partial charge in [-0.2, -0.15) is 10.2 Å².